The highest BCUT2D eigenvalue weighted by atomic mass is 19.1. The van der Waals surface area contributed by atoms with Crippen LogP contribution in [0.1, 0.15) is 36.7 Å². The van der Waals surface area contributed by atoms with Crippen LogP contribution in [0.5, 0.6) is 0 Å². The molecule has 0 radical (unpaired) electrons. The number of nitrogens with zero attached hydrogens (tertiary/aromatic N) is 1. The maximum absolute atomic E-state index is 13.7. The molecule has 0 amide bonds. The standard InChI is InChI=1S/C11H12FNO4/c1-11(2,3)8-7(12)5-4-6(10(14)15)9(8)13(16)17/h4-5H,1-3H3,(H,14,15). The average Bonchev–Trinajstić information content (AvgIpc) is 2.14. The average molecular weight is 241 g/mol. The zero-order chi connectivity index (χ0) is 13.4. The molecule has 0 saturated carbocycles. The van der Waals surface area contributed by atoms with Crippen molar-refractivity contribution in [3.63, 3.8) is 0 Å². The number of aromatic carboxylic acids is 1. The third-order valence-corrected chi connectivity index (χ3v) is 2.29. The molecular formula is C11H12FNO4. The van der Waals surface area contributed by atoms with Gasteiger partial charge in [0.05, 0.1) is 10.5 Å². The molecule has 1 aromatic carbocycles. The molecule has 6 heteroatoms. The largest absolute Gasteiger partial charge is 0.477 e. The third-order valence-electron chi connectivity index (χ3n) is 2.29. The fourth-order valence-corrected chi connectivity index (χ4v) is 1.64. The van der Waals surface area contributed by atoms with E-state index >= 15 is 0 Å². The maximum atomic E-state index is 13.7. The zero-order valence-electron chi connectivity index (χ0n) is 9.65. The smallest absolute Gasteiger partial charge is 0.342 e. The molecule has 1 rings (SSSR count). The summed E-state index contributed by atoms with van der Waals surface area (Å²) in [5.41, 5.74) is -2.22. The highest BCUT2D eigenvalue weighted by molar-refractivity contribution is 5.93. The second kappa shape index (κ2) is 4.12. The van der Waals surface area contributed by atoms with E-state index in [1.54, 1.807) is 20.8 Å². The Labute approximate surface area is 97.0 Å². The summed E-state index contributed by atoms with van der Waals surface area (Å²) in [5.74, 6) is -2.21. The summed E-state index contributed by atoms with van der Waals surface area (Å²) in [6.07, 6.45) is 0. The Balaban J connectivity index is 3.73. The lowest BCUT2D eigenvalue weighted by molar-refractivity contribution is -0.386. The highest BCUT2D eigenvalue weighted by Crippen LogP contribution is 2.35. The molecule has 5 nitrogen and oxygen atoms in total. The minimum Gasteiger partial charge on any atom is -0.477 e. The van der Waals surface area contributed by atoms with Crippen molar-refractivity contribution in [3.8, 4) is 0 Å². The summed E-state index contributed by atoms with van der Waals surface area (Å²) in [6, 6.07) is 1.85. The number of carbonyl (C=O) groups is 1. The summed E-state index contributed by atoms with van der Waals surface area (Å²) in [7, 11) is 0. The van der Waals surface area contributed by atoms with Gasteiger partial charge in [-0.3, -0.25) is 10.1 Å². The minimum absolute atomic E-state index is 0.192. The zero-order valence-corrected chi connectivity index (χ0v) is 9.65. The monoisotopic (exact) mass is 241 g/mol. The van der Waals surface area contributed by atoms with E-state index in [0.29, 0.717) is 0 Å². The number of nitro groups is 1. The van der Waals surface area contributed by atoms with E-state index in [0.717, 1.165) is 12.1 Å². The van der Waals surface area contributed by atoms with Gasteiger partial charge in [-0.05, 0) is 17.5 Å². The molecule has 0 aliphatic rings. The molecule has 0 heterocycles. The predicted octanol–water partition coefficient (Wildman–Crippen LogP) is 2.73. The van der Waals surface area contributed by atoms with Gasteiger partial charge < -0.3 is 5.11 Å². The van der Waals surface area contributed by atoms with E-state index in [4.69, 9.17) is 5.11 Å². The lowest BCUT2D eigenvalue weighted by Crippen LogP contribution is -2.18. The first kappa shape index (κ1) is 13.1. The van der Waals surface area contributed by atoms with E-state index in [9.17, 15) is 19.3 Å². The highest BCUT2D eigenvalue weighted by Gasteiger charge is 2.33. The van der Waals surface area contributed by atoms with Gasteiger partial charge in [-0.15, -0.1) is 0 Å². The molecule has 0 bridgehead atoms. The van der Waals surface area contributed by atoms with Gasteiger partial charge in [0.2, 0.25) is 0 Å². The lowest BCUT2D eigenvalue weighted by Gasteiger charge is -2.20. The first-order valence-electron chi connectivity index (χ1n) is 4.87. The molecule has 17 heavy (non-hydrogen) atoms. The first-order valence-corrected chi connectivity index (χ1v) is 4.87. The van der Waals surface area contributed by atoms with Crippen molar-refractivity contribution < 1.29 is 19.2 Å². The molecule has 0 saturated heterocycles. The topological polar surface area (TPSA) is 80.4 Å². The fraction of sp³-hybridized carbons (Fsp3) is 0.364. The Kier molecular flexibility index (Phi) is 3.17. The molecule has 0 aromatic heterocycles. The molecule has 0 aliphatic carbocycles. The van der Waals surface area contributed by atoms with Gasteiger partial charge in [-0.2, -0.15) is 0 Å². The van der Waals surface area contributed by atoms with Gasteiger partial charge in [0.25, 0.3) is 5.69 Å². The number of benzene rings is 1. The van der Waals surface area contributed by atoms with Crippen LogP contribution in [-0.2, 0) is 5.41 Å². The van der Waals surface area contributed by atoms with Crippen molar-refractivity contribution in [1.29, 1.82) is 0 Å². The van der Waals surface area contributed by atoms with Crippen LogP contribution in [-0.4, -0.2) is 16.0 Å². The number of carboxylic acids is 1. The second-order valence-electron chi connectivity index (χ2n) is 4.63. The summed E-state index contributed by atoms with van der Waals surface area (Å²) >= 11 is 0. The Morgan fingerprint density at radius 1 is 1.41 bits per heavy atom. The van der Waals surface area contributed by atoms with Gasteiger partial charge in [0.15, 0.2) is 0 Å². The van der Waals surface area contributed by atoms with Gasteiger partial charge >= 0.3 is 5.97 Å². The van der Waals surface area contributed by atoms with Crippen molar-refractivity contribution in [1.82, 2.24) is 0 Å². The van der Waals surface area contributed by atoms with E-state index < -0.39 is 33.4 Å². The van der Waals surface area contributed by atoms with Crippen LogP contribution in [0, 0.1) is 15.9 Å². The number of nitro benzene ring substituents is 1. The second-order valence-corrected chi connectivity index (χ2v) is 4.63. The molecule has 0 fully saturated rings. The molecule has 0 spiro atoms. The number of halogens is 1. The first-order chi connectivity index (χ1) is 7.66. The van der Waals surface area contributed by atoms with Crippen LogP contribution in [0.3, 0.4) is 0 Å². The number of carboxylic acid groups (broad SMARTS) is 1. The molecule has 0 aliphatic heterocycles. The lowest BCUT2D eigenvalue weighted by atomic mass is 9.84. The molecule has 0 atom stereocenters. The van der Waals surface area contributed by atoms with Crippen molar-refractivity contribution in [3.05, 3.63) is 39.2 Å². The van der Waals surface area contributed by atoms with Crippen LogP contribution in [0.2, 0.25) is 0 Å². The normalized spacial score (nSPS) is 11.3. The molecule has 0 unspecified atom stereocenters. The van der Waals surface area contributed by atoms with Crippen LogP contribution in [0.15, 0.2) is 12.1 Å². The fourth-order valence-electron chi connectivity index (χ4n) is 1.64. The number of rotatable bonds is 2. The third kappa shape index (κ3) is 2.41. The van der Waals surface area contributed by atoms with Gasteiger partial charge in [0, 0.05) is 0 Å². The van der Waals surface area contributed by atoms with E-state index in [2.05, 4.69) is 0 Å². The predicted molar refractivity (Wildman–Crippen MR) is 58.7 cm³/mol. The Morgan fingerprint density at radius 2 is 1.94 bits per heavy atom. The maximum Gasteiger partial charge on any atom is 0.342 e. The Morgan fingerprint density at radius 3 is 2.29 bits per heavy atom. The molecule has 1 N–H and O–H groups in total. The van der Waals surface area contributed by atoms with Crippen molar-refractivity contribution in [2.45, 2.75) is 26.2 Å². The molecule has 92 valence electrons. The summed E-state index contributed by atoms with van der Waals surface area (Å²) < 4.78 is 13.7. The summed E-state index contributed by atoms with van der Waals surface area (Å²) in [4.78, 5) is 21.0. The van der Waals surface area contributed by atoms with Crippen molar-refractivity contribution >= 4 is 11.7 Å². The van der Waals surface area contributed by atoms with Crippen molar-refractivity contribution in [2.24, 2.45) is 0 Å². The van der Waals surface area contributed by atoms with Gasteiger partial charge in [0.1, 0.15) is 11.4 Å². The number of hydrogen-bond acceptors (Lipinski definition) is 3. The van der Waals surface area contributed by atoms with Gasteiger partial charge in [-0.25, -0.2) is 9.18 Å². The number of hydrogen-bond donors (Lipinski definition) is 1. The van der Waals surface area contributed by atoms with E-state index in [1.807, 2.05) is 0 Å². The minimum atomic E-state index is -1.44. The van der Waals surface area contributed by atoms with Crippen LogP contribution in [0.25, 0.3) is 0 Å². The Hall–Kier alpha value is -1.98. The van der Waals surface area contributed by atoms with Crippen LogP contribution in [0.4, 0.5) is 10.1 Å². The molecular weight excluding hydrogens is 229 g/mol. The van der Waals surface area contributed by atoms with Crippen molar-refractivity contribution in [2.75, 3.05) is 0 Å². The van der Waals surface area contributed by atoms with E-state index in [-0.39, 0.29) is 5.56 Å². The van der Waals surface area contributed by atoms with Crippen LogP contribution >= 0.6 is 0 Å². The summed E-state index contributed by atoms with van der Waals surface area (Å²) in [5, 5.41) is 19.8. The Bertz CT molecular complexity index is 491. The van der Waals surface area contributed by atoms with Crippen LogP contribution < -0.4 is 0 Å². The quantitative estimate of drug-likeness (QED) is 0.637. The SMILES string of the molecule is CC(C)(C)c1c(F)ccc(C(=O)O)c1[N+](=O)[O-]. The van der Waals surface area contributed by atoms with E-state index in [1.165, 1.54) is 0 Å². The van der Waals surface area contributed by atoms with Gasteiger partial charge in [-0.1, -0.05) is 20.8 Å². The summed E-state index contributed by atoms with van der Waals surface area (Å²) in [6.45, 7) is 4.76. The molecule has 1 aromatic rings.